The fraction of sp³-hybridized carbons (Fsp3) is 0.343. The van der Waals surface area contributed by atoms with Gasteiger partial charge in [0.25, 0.3) is 0 Å². The van der Waals surface area contributed by atoms with Gasteiger partial charge in [0.05, 0.1) is 30.5 Å². The second-order valence-corrected chi connectivity index (χ2v) is 11.0. The first-order valence-electron chi connectivity index (χ1n) is 14.7. The first kappa shape index (κ1) is 31.6. The van der Waals surface area contributed by atoms with Crippen LogP contribution in [-0.2, 0) is 38.4 Å². The molecule has 0 aliphatic carbocycles. The maximum atomic E-state index is 13.5. The molecule has 0 unspecified atom stereocenters. The van der Waals surface area contributed by atoms with Crippen molar-refractivity contribution in [3.63, 3.8) is 0 Å². The molecule has 4 atom stereocenters. The SMILES string of the molecule is O=C(C[C@@H]1C/C=C\C[C@@H](Cc2ccc(F)cc2)C(=O)OC[C@@H](Cc2ccccc2)NC1=O)N[C@H](CO)Cc1ccccc1. The summed E-state index contributed by atoms with van der Waals surface area (Å²) in [5.41, 5.74) is 2.78. The van der Waals surface area contributed by atoms with Crippen LogP contribution in [0.25, 0.3) is 0 Å². The molecule has 0 saturated heterocycles. The van der Waals surface area contributed by atoms with Gasteiger partial charge in [0.15, 0.2) is 0 Å². The number of carbonyl (C=O) groups excluding carboxylic acids is 3. The number of hydrogen-bond donors (Lipinski definition) is 3. The van der Waals surface area contributed by atoms with Gasteiger partial charge in [0.2, 0.25) is 11.8 Å². The number of nitrogens with one attached hydrogen (secondary N) is 2. The van der Waals surface area contributed by atoms with Gasteiger partial charge in [0, 0.05) is 6.42 Å². The quantitative estimate of drug-likeness (QED) is 0.242. The summed E-state index contributed by atoms with van der Waals surface area (Å²) in [7, 11) is 0. The maximum Gasteiger partial charge on any atom is 0.309 e. The molecule has 0 saturated carbocycles. The van der Waals surface area contributed by atoms with Crippen molar-refractivity contribution in [2.45, 2.75) is 50.6 Å². The molecule has 2 amide bonds. The highest BCUT2D eigenvalue weighted by Gasteiger charge is 2.27. The minimum atomic E-state index is -0.656. The van der Waals surface area contributed by atoms with Crippen LogP contribution in [0.2, 0.25) is 0 Å². The van der Waals surface area contributed by atoms with Crippen LogP contribution in [0.15, 0.2) is 97.1 Å². The summed E-state index contributed by atoms with van der Waals surface area (Å²) in [5, 5.41) is 15.8. The summed E-state index contributed by atoms with van der Waals surface area (Å²) < 4.78 is 19.2. The van der Waals surface area contributed by atoms with Crippen molar-refractivity contribution in [2.24, 2.45) is 11.8 Å². The van der Waals surface area contributed by atoms with Crippen LogP contribution in [0, 0.1) is 17.7 Å². The predicted octanol–water partition coefficient (Wildman–Crippen LogP) is 4.33. The minimum Gasteiger partial charge on any atom is -0.463 e. The maximum absolute atomic E-state index is 13.5. The van der Waals surface area contributed by atoms with E-state index in [4.69, 9.17) is 4.74 Å². The van der Waals surface area contributed by atoms with Crippen LogP contribution in [0.3, 0.4) is 0 Å². The number of rotatable bonds is 10. The molecule has 226 valence electrons. The van der Waals surface area contributed by atoms with E-state index in [1.54, 1.807) is 12.1 Å². The van der Waals surface area contributed by atoms with E-state index in [2.05, 4.69) is 10.6 Å². The third kappa shape index (κ3) is 10.5. The van der Waals surface area contributed by atoms with Crippen LogP contribution in [0.1, 0.15) is 36.0 Å². The summed E-state index contributed by atoms with van der Waals surface area (Å²) >= 11 is 0. The summed E-state index contributed by atoms with van der Waals surface area (Å²) in [6.45, 7) is -0.247. The van der Waals surface area contributed by atoms with Crippen molar-refractivity contribution >= 4 is 17.8 Å². The van der Waals surface area contributed by atoms with Crippen molar-refractivity contribution in [3.05, 3.63) is 120 Å². The van der Waals surface area contributed by atoms with Gasteiger partial charge in [-0.1, -0.05) is 84.9 Å². The highest BCUT2D eigenvalue weighted by Crippen LogP contribution is 2.19. The smallest absolute Gasteiger partial charge is 0.309 e. The van der Waals surface area contributed by atoms with Gasteiger partial charge >= 0.3 is 5.97 Å². The Kier molecular flexibility index (Phi) is 12.0. The first-order chi connectivity index (χ1) is 20.9. The molecule has 8 heteroatoms. The van der Waals surface area contributed by atoms with Gasteiger partial charge in [-0.25, -0.2) is 4.39 Å². The number of ether oxygens (including phenoxy) is 1. The van der Waals surface area contributed by atoms with E-state index in [9.17, 15) is 23.9 Å². The molecule has 0 fully saturated rings. The topological polar surface area (TPSA) is 105 Å². The molecule has 0 radical (unpaired) electrons. The number of carbonyl (C=O) groups is 3. The molecule has 43 heavy (non-hydrogen) atoms. The molecular formula is C35H39FN2O5. The average Bonchev–Trinajstić information content (AvgIpc) is 3.01. The molecule has 4 rings (SSSR count). The molecule has 1 aliphatic heterocycles. The van der Waals surface area contributed by atoms with Crippen LogP contribution in [-0.4, -0.2) is 48.2 Å². The number of amides is 2. The molecule has 3 aromatic carbocycles. The van der Waals surface area contributed by atoms with E-state index in [1.165, 1.54) is 12.1 Å². The Morgan fingerprint density at radius 3 is 2.12 bits per heavy atom. The number of benzene rings is 3. The molecule has 7 nitrogen and oxygen atoms in total. The lowest BCUT2D eigenvalue weighted by atomic mass is 9.94. The van der Waals surface area contributed by atoms with Crippen molar-refractivity contribution in [2.75, 3.05) is 13.2 Å². The number of cyclic esters (lactones) is 1. The van der Waals surface area contributed by atoms with E-state index in [1.807, 2.05) is 72.8 Å². The van der Waals surface area contributed by atoms with Crippen molar-refractivity contribution in [3.8, 4) is 0 Å². The number of hydrogen-bond acceptors (Lipinski definition) is 5. The summed E-state index contributed by atoms with van der Waals surface area (Å²) in [6.07, 6.45) is 5.59. The molecule has 3 N–H and O–H groups in total. The van der Waals surface area contributed by atoms with Gasteiger partial charge in [-0.05, 0) is 60.9 Å². The number of aliphatic hydroxyl groups is 1. The second kappa shape index (κ2) is 16.4. The third-order valence-corrected chi connectivity index (χ3v) is 7.55. The van der Waals surface area contributed by atoms with E-state index >= 15 is 0 Å². The predicted molar refractivity (Wildman–Crippen MR) is 162 cm³/mol. The van der Waals surface area contributed by atoms with Crippen LogP contribution < -0.4 is 10.6 Å². The highest BCUT2D eigenvalue weighted by molar-refractivity contribution is 5.86. The lowest BCUT2D eigenvalue weighted by Crippen LogP contribution is -2.46. The molecule has 3 aromatic rings. The normalized spacial score (nSPS) is 20.9. The Labute approximate surface area is 252 Å². The number of esters is 1. The fourth-order valence-electron chi connectivity index (χ4n) is 5.21. The Balaban J connectivity index is 1.48. The van der Waals surface area contributed by atoms with Gasteiger partial charge in [-0.15, -0.1) is 0 Å². The Hall–Kier alpha value is -4.30. The van der Waals surface area contributed by atoms with Gasteiger partial charge < -0.3 is 20.5 Å². The lowest BCUT2D eigenvalue weighted by molar-refractivity contribution is -0.150. The zero-order valence-corrected chi connectivity index (χ0v) is 24.2. The molecule has 0 aromatic heterocycles. The van der Waals surface area contributed by atoms with Gasteiger partial charge in [-0.2, -0.15) is 0 Å². The average molecular weight is 587 g/mol. The first-order valence-corrected chi connectivity index (χ1v) is 14.7. The minimum absolute atomic E-state index is 0.0221. The standard InChI is InChI=1S/C35H39FN2O5/c36-30-17-15-27(16-18-30)19-29-14-8-7-13-28(22-33(40)37-31(23-39)20-25-9-3-1-4-10-25)34(41)38-32(24-43-35(29)42)21-26-11-5-2-6-12-26/h1-12,15-18,28-29,31-32,39H,13-14,19-24H2,(H,37,40)(H,38,41)/b8-7-/t28-,29-,31-,32+/m0/s1. The molecule has 0 bridgehead atoms. The number of aliphatic hydroxyl groups excluding tert-OH is 1. The third-order valence-electron chi connectivity index (χ3n) is 7.55. The summed E-state index contributed by atoms with van der Waals surface area (Å²) in [5.74, 6) is -2.49. The monoisotopic (exact) mass is 586 g/mol. The second-order valence-electron chi connectivity index (χ2n) is 11.0. The van der Waals surface area contributed by atoms with Crippen LogP contribution in [0.5, 0.6) is 0 Å². The fourth-order valence-corrected chi connectivity index (χ4v) is 5.21. The summed E-state index contributed by atoms with van der Waals surface area (Å²) in [4.78, 5) is 39.7. The largest absolute Gasteiger partial charge is 0.463 e. The summed E-state index contributed by atoms with van der Waals surface area (Å²) in [6, 6.07) is 24.3. The molecular weight excluding hydrogens is 547 g/mol. The van der Waals surface area contributed by atoms with Crippen molar-refractivity contribution < 1.29 is 28.6 Å². The number of halogens is 1. The molecule has 1 aliphatic rings. The zero-order valence-electron chi connectivity index (χ0n) is 24.2. The van der Waals surface area contributed by atoms with Crippen molar-refractivity contribution in [1.82, 2.24) is 10.6 Å². The van der Waals surface area contributed by atoms with Gasteiger partial charge in [0.1, 0.15) is 12.4 Å². The van der Waals surface area contributed by atoms with Crippen molar-refractivity contribution in [1.29, 1.82) is 0 Å². The van der Waals surface area contributed by atoms with Crippen LogP contribution >= 0.6 is 0 Å². The highest BCUT2D eigenvalue weighted by atomic mass is 19.1. The Morgan fingerprint density at radius 1 is 0.860 bits per heavy atom. The molecule has 1 heterocycles. The van der Waals surface area contributed by atoms with E-state index in [0.29, 0.717) is 32.1 Å². The van der Waals surface area contributed by atoms with E-state index < -0.39 is 23.9 Å². The van der Waals surface area contributed by atoms with E-state index in [-0.39, 0.29) is 43.2 Å². The lowest BCUT2D eigenvalue weighted by Gasteiger charge is -2.25. The van der Waals surface area contributed by atoms with Crippen LogP contribution in [0.4, 0.5) is 4.39 Å². The van der Waals surface area contributed by atoms with E-state index in [0.717, 1.165) is 16.7 Å². The van der Waals surface area contributed by atoms with Gasteiger partial charge in [-0.3, -0.25) is 14.4 Å². The molecule has 0 spiro atoms. The number of allylic oxidation sites excluding steroid dienone is 2. The zero-order chi connectivity index (χ0) is 30.4. The Bertz CT molecular complexity index is 1350. The Morgan fingerprint density at radius 2 is 1.47 bits per heavy atom.